The van der Waals surface area contributed by atoms with Crippen molar-refractivity contribution >= 4 is 29.5 Å². The third-order valence-corrected chi connectivity index (χ3v) is 3.09. The average Bonchev–Trinajstić information content (AvgIpc) is 2.36. The van der Waals surface area contributed by atoms with Crippen LogP contribution in [0, 0.1) is 0 Å². The molecule has 2 nitrogen and oxygen atoms in total. The minimum Gasteiger partial charge on any atom is -0.406 e. The fourth-order valence-corrected chi connectivity index (χ4v) is 2.28. The van der Waals surface area contributed by atoms with Crippen molar-refractivity contribution < 1.29 is 22.7 Å². The highest BCUT2D eigenvalue weighted by Gasteiger charge is 2.31. The van der Waals surface area contributed by atoms with Gasteiger partial charge in [-0.3, -0.25) is 4.79 Å². The van der Waals surface area contributed by atoms with Crippen molar-refractivity contribution in [3.05, 3.63) is 52.0 Å². The Bertz CT molecular complexity index is 684. The Balaban J connectivity index is 2.52. The van der Waals surface area contributed by atoms with Gasteiger partial charge in [0.1, 0.15) is 12.0 Å². The van der Waals surface area contributed by atoms with E-state index in [-0.39, 0.29) is 10.6 Å². The number of halogens is 5. The van der Waals surface area contributed by atoms with Crippen LogP contribution in [0.5, 0.6) is 5.75 Å². The molecule has 0 bridgehead atoms. The minimum absolute atomic E-state index is 0.0396. The van der Waals surface area contributed by atoms with Gasteiger partial charge in [-0.25, -0.2) is 0 Å². The SMILES string of the molecule is O=Cc1cc(OC(F)(F)F)cc(-c2ccc(Cl)cc2Cl)c1. The number of hydrogen-bond acceptors (Lipinski definition) is 2. The summed E-state index contributed by atoms with van der Waals surface area (Å²) < 4.78 is 40.7. The maximum absolute atomic E-state index is 12.3. The maximum atomic E-state index is 12.3. The van der Waals surface area contributed by atoms with E-state index in [0.29, 0.717) is 22.4 Å². The first-order valence-corrected chi connectivity index (χ1v) is 6.35. The molecule has 0 heterocycles. The number of hydrogen-bond donors (Lipinski definition) is 0. The van der Waals surface area contributed by atoms with Gasteiger partial charge < -0.3 is 4.74 Å². The molecule has 21 heavy (non-hydrogen) atoms. The fraction of sp³-hybridized carbons (Fsp3) is 0.0714. The molecule has 0 saturated carbocycles. The predicted molar refractivity (Wildman–Crippen MR) is 74.0 cm³/mol. The van der Waals surface area contributed by atoms with E-state index in [9.17, 15) is 18.0 Å². The Hall–Kier alpha value is -1.72. The zero-order chi connectivity index (χ0) is 15.6. The van der Waals surface area contributed by atoms with E-state index < -0.39 is 12.1 Å². The van der Waals surface area contributed by atoms with Crippen molar-refractivity contribution in [2.24, 2.45) is 0 Å². The van der Waals surface area contributed by atoms with Gasteiger partial charge >= 0.3 is 6.36 Å². The molecule has 2 rings (SSSR count). The molecule has 0 atom stereocenters. The second-order valence-corrected chi connectivity index (χ2v) is 4.92. The first kappa shape index (κ1) is 15.7. The Labute approximate surface area is 128 Å². The Morgan fingerprint density at radius 3 is 2.33 bits per heavy atom. The van der Waals surface area contributed by atoms with Crippen LogP contribution in [0.3, 0.4) is 0 Å². The fourth-order valence-electron chi connectivity index (χ4n) is 1.76. The highest BCUT2D eigenvalue weighted by Crippen LogP contribution is 2.34. The smallest absolute Gasteiger partial charge is 0.406 e. The predicted octanol–water partition coefficient (Wildman–Crippen LogP) is 5.37. The van der Waals surface area contributed by atoms with Gasteiger partial charge in [0.15, 0.2) is 0 Å². The van der Waals surface area contributed by atoms with Gasteiger partial charge in [0, 0.05) is 21.2 Å². The van der Waals surface area contributed by atoms with Crippen LogP contribution in [0.1, 0.15) is 10.4 Å². The lowest BCUT2D eigenvalue weighted by Crippen LogP contribution is -2.17. The van der Waals surface area contributed by atoms with Crippen molar-refractivity contribution in [3.8, 4) is 16.9 Å². The van der Waals surface area contributed by atoms with E-state index in [4.69, 9.17) is 23.2 Å². The molecule has 0 aliphatic rings. The van der Waals surface area contributed by atoms with E-state index in [1.807, 2.05) is 0 Å². The average molecular weight is 335 g/mol. The van der Waals surface area contributed by atoms with Crippen molar-refractivity contribution in [2.75, 3.05) is 0 Å². The normalized spacial score (nSPS) is 11.3. The summed E-state index contributed by atoms with van der Waals surface area (Å²) in [5.74, 6) is -0.492. The summed E-state index contributed by atoms with van der Waals surface area (Å²) >= 11 is 11.8. The Morgan fingerprint density at radius 1 is 1.05 bits per heavy atom. The summed E-state index contributed by atoms with van der Waals surface area (Å²) in [7, 11) is 0. The van der Waals surface area contributed by atoms with Crippen LogP contribution in [-0.4, -0.2) is 12.6 Å². The standard InChI is InChI=1S/C14H7Cl2F3O2/c15-10-1-2-12(13(16)6-10)9-3-8(7-20)4-11(5-9)21-14(17,18)19/h1-7H. The van der Waals surface area contributed by atoms with Crippen LogP contribution in [0.15, 0.2) is 36.4 Å². The lowest BCUT2D eigenvalue weighted by Gasteiger charge is -2.12. The Morgan fingerprint density at radius 2 is 1.76 bits per heavy atom. The van der Waals surface area contributed by atoms with E-state index in [0.717, 1.165) is 12.1 Å². The number of rotatable bonds is 3. The molecule has 0 aliphatic carbocycles. The van der Waals surface area contributed by atoms with E-state index in [2.05, 4.69) is 4.74 Å². The van der Waals surface area contributed by atoms with E-state index in [1.165, 1.54) is 12.1 Å². The van der Waals surface area contributed by atoms with E-state index >= 15 is 0 Å². The van der Waals surface area contributed by atoms with Crippen LogP contribution in [-0.2, 0) is 0 Å². The molecule has 0 unspecified atom stereocenters. The minimum atomic E-state index is -4.84. The number of aldehydes is 1. The molecule has 7 heteroatoms. The van der Waals surface area contributed by atoms with Crippen LogP contribution in [0.25, 0.3) is 11.1 Å². The van der Waals surface area contributed by atoms with Gasteiger partial charge in [-0.05, 0) is 35.9 Å². The van der Waals surface area contributed by atoms with Crippen LogP contribution >= 0.6 is 23.2 Å². The first-order valence-electron chi connectivity index (χ1n) is 5.60. The molecule has 0 aromatic heterocycles. The molecular formula is C14H7Cl2F3O2. The van der Waals surface area contributed by atoms with Crippen LogP contribution < -0.4 is 4.74 Å². The zero-order valence-electron chi connectivity index (χ0n) is 10.2. The molecule has 0 radical (unpaired) electrons. The van der Waals surface area contributed by atoms with Crippen molar-refractivity contribution in [1.82, 2.24) is 0 Å². The third-order valence-electron chi connectivity index (χ3n) is 2.54. The quantitative estimate of drug-likeness (QED) is 0.705. The summed E-state index contributed by atoms with van der Waals surface area (Å²) in [5, 5.41) is 0.644. The van der Waals surface area contributed by atoms with Gasteiger partial charge in [0.2, 0.25) is 0 Å². The highest BCUT2D eigenvalue weighted by molar-refractivity contribution is 6.36. The second kappa shape index (κ2) is 5.95. The first-order chi connectivity index (χ1) is 9.78. The molecule has 2 aromatic carbocycles. The molecule has 0 fully saturated rings. The van der Waals surface area contributed by atoms with Gasteiger partial charge in [0.25, 0.3) is 0 Å². The number of carbonyl (C=O) groups is 1. The molecule has 0 spiro atoms. The topological polar surface area (TPSA) is 26.3 Å². The van der Waals surface area contributed by atoms with Gasteiger partial charge in [-0.15, -0.1) is 13.2 Å². The molecular weight excluding hydrogens is 328 g/mol. The largest absolute Gasteiger partial charge is 0.573 e. The third kappa shape index (κ3) is 4.12. The lowest BCUT2D eigenvalue weighted by atomic mass is 10.0. The van der Waals surface area contributed by atoms with Crippen molar-refractivity contribution in [2.45, 2.75) is 6.36 Å². The van der Waals surface area contributed by atoms with Gasteiger partial charge in [-0.1, -0.05) is 29.3 Å². The summed E-state index contributed by atoms with van der Waals surface area (Å²) in [6, 6.07) is 8.09. The number of ether oxygens (including phenoxy) is 1. The summed E-state index contributed by atoms with van der Waals surface area (Å²) in [4.78, 5) is 10.9. The van der Waals surface area contributed by atoms with Crippen LogP contribution in [0.2, 0.25) is 10.0 Å². The van der Waals surface area contributed by atoms with Crippen LogP contribution in [0.4, 0.5) is 13.2 Å². The zero-order valence-corrected chi connectivity index (χ0v) is 11.8. The molecule has 0 aliphatic heterocycles. The monoisotopic (exact) mass is 334 g/mol. The highest BCUT2D eigenvalue weighted by atomic mass is 35.5. The van der Waals surface area contributed by atoms with Crippen molar-refractivity contribution in [1.29, 1.82) is 0 Å². The molecule has 0 N–H and O–H groups in total. The maximum Gasteiger partial charge on any atom is 0.573 e. The van der Waals surface area contributed by atoms with Gasteiger partial charge in [-0.2, -0.15) is 0 Å². The number of carbonyl (C=O) groups excluding carboxylic acids is 1. The Kier molecular flexibility index (Phi) is 4.44. The molecule has 2 aromatic rings. The summed E-state index contributed by atoms with van der Waals surface area (Å²) in [5.41, 5.74) is 0.801. The van der Waals surface area contributed by atoms with E-state index in [1.54, 1.807) is 12.1 Å². The molecule has 0 amide bonds. The summed E-state index contributed by atoms with van der Waals surface area (Å²) in [6.45, 7) is 0. The molecule has 110 valence electrons. The summed E-state index contributed by atoms with van der Waals surface area (Å²) in [6.07, 6.45) is -4.42. The molecule has 0 saturated heterocycles. The van der Waals surface area contributed by atoms with Gasteiger partial charge in [0.05, 0.1) is 0 Å². The second-order valence-electron chi connectivity index (χ2n) is 4.08. The number of alkyl halides is 3. The lowest BCUT2D eigenvalue weighted by molar-refractivity contribution is -0.274. The van der Waals surface area contributed by atoms with Crippen molar-refractivity contribution in [3.63, 3.8) is 0 Å². The number of benzene rings is 2.